The molecule has 2 N–H and O–H groups in total. The van der Waals surface area contributed by atoms with Crippen molar-refractivity contribution in [2.24, 2.45) is 0 Å². The van der Waals surface area contributed by atoms with Gasteiger partial charge in [0.1, 0.15) is 0 Å². The van der Waals surface area contributed by atoms with E-state index in [2.05, 4.69) is 0 Å². The summed E-state index contributed by atoms with van der Waals surface area (Å²) >= 11 is 0. The fraction of sp³-hybridized carbons (Fsp3) is 0. The minimum Gasteiger partial charge on any atom is -1.00 e. The first kappa shape index (κ1) is 11.9. The summed E-state index contributed by atoms with van der Waals surface area (Å²) in [7, 11) is 0. The van der Waals surface area contributed by atoms with Gasteiger partial charge in [-0.3, -0.25) is 0 Å². The number of benzene rings is 1. The van der Waals surface area contributed by atoms with Gasteiger partial charge in [-0.2, -0.15) is 0 Å². The molecule has 0 aliphatic rings. The van der Waals surface area contributed by atoms with E-state index in [-0.39, 0.29) is 37.0 Å². The van der Waals surface area contributed by atoms with Crippen LogP contribution in [-0.2, 0) is 0 Å². The molecular formula is C8H8MgO4. The van der Waals surface area contributed by atoms with Crippen molar-refractivity contribution in [1.29, 1.82) is 0 Å². The summed E-state index contributed by atoms with van der Waals surface area (Å²) in [5, 5.41) is 16.9. The van der Waals surface area contributed by atoms with Crippen LogP contribution in [0, 0.1) is 0 Å². The molecule has 0 aliphatic carbocycles. The molecule has 0 heterocycles. The Bertz CT molecular complexity index is 293. The maximum atomic E-state index is 10.3. The fourth-order valence-electron chi connectivity index (χ4n) is 0.755. The van der Waals surface area contributed by atoms with Gasteiger partial charge in [0.05, 0.1) is 11.1 Å². The smallest absolute Gasteiger partial charge is 1.00 e. The quantitative estimate of drug-likeness (QED) is 0.684. The molecule has 0 unspecified atom stereocenters. The molecule has 1 aromatic rings. The summed E-state index contributed by atoms with van der Waals surface area (Å²) < 4.78 is 0. The summed E-state index contributed by atoms with van der Waals surface area (Å²) in [6.07, 6.45) is 0. The zero-order valence-electron chi connectivity index (χ0n) is 8.73. The number of aromatic carboxylic acids is 2. The minimum absolute atomic E-state index is 0. The van der Waals surface area contributed by atoms with Crippen molar-refractivity contribution in [3.63, 3.8) is 0 Å². The van der Waals surface area contributed by atoms with E-state index in [0.717, 1.165) is 0 Å². The third kappa shape index (κ3) is 3.04. The molecule has 0 radical (unpaired) electrons. The molecule has 0 saturated carbocycles. The van der Waals surface area contributed by atoms with E-state index < -0.39 is 11.9 Å². The van der Waals surface area contributed by atoms with Gasteiger partial charge in [0.2, 0.25) is 0 Å². The number of carbonyl (C=O) groups is 2. The standard InChI is InChI=1S/C8H6O4.Mg.2H/c9-7(10)5-1-2-6(4-3-5)8(11)12;;;/h1-4H,(H,9,10)(H,11,12);;;/q;+2;2*-1. The SMILES string of the molecule is O=C(O)c1ccc(C(=O)O)cc1.[H-].[H-].[Mg+2]. The first-order chi connectivity index (χ1) is 5.61. The number of carboxylic acids is 2. The van der Waals surface area contributed by atoms with Crippen molar-refractivity contribution in [2.45, 2.75) is 0 Å². The largest absolute Gasteiger partial charge is 2.00 e. The second-order valence-electron chi connectivity index (χ2n) is 2.19. The summed E-state index contributed by atoms with van der Waals surface area (Å²) in [6.45, 7) is 0. The zero-order valence-corrected chi connectivity index (χ0v) is 8.14. The average Bonchev–Trinajstić information content (AvgIpc) is 2.04. The van der Waals surface area contributed by atoms with Crippen LogP contribution in [0.15, 0.2) is 24.3 Å². The van der Waals surface area contributed by atoms with Gasteiger partial charge in [-0.15, -0.1) is 0 Å². The van der Waals surface area contributed by atoms with Crippen molar-refractivity contribution in [3.05, 3.63) is 35.4 Å². The monoisotopic (exact) mass is 192 g/mol. The molecule has 13 heavy (non-hydrogen) atoms. The molecular weight excluding hydrogens is 184 g/mol. The maximum absolute atomic E-state index is 10.3. The zero-order chi connectivity index (χ0) is 9.14. The molecule has 66 valence electrons. The van der Waals surface area contributed by atoms with E-state index in [0.29, 0.717) is 0 Å². The number of rotatable bonds is 2. The van der Waals surface area contributed by atoms with E-state index in [9.17, 15) is 9.59 Å². The average molecular weight is 192 g/mol. The van der Waals surface area contributed by atoms with Gasteiger partial charge in [0.15, 0.2) is 0 Å². The predicted molar refractivity (Wildman–Crippen MR) is 48.3 cm³/mol. The topological polar surface area (TPSA) is 74.6 Å². The van der Waals surface area contributed by atoms with Crippen LogP contribution in [0.25, 0.3) is 0 Å². The van der Waals surface area contributed by atoms with Crippen molar-refractivity contribution < 1.29 is 22.7 Å². The van der Waals surface area contributed by atoms with Crippen molar-refractivity contribution in [2.75, 3.05) is 0 Å². The Labute approximate surface area is 93.3 Å². The van der Waals surface area contributed by atoms with Crippen LogP contribution in [0.1, 0.15) is 23.6 Å². The molecule has 1 aromatic carbocycles. The summed E-state index contributed by atoms with van der Waals surface area (Å²) in [5.74, 6) is -2.13. The molecule has 0 atom stereocenters. The van der Waals surface area contributed by atoms with Gasteiger partial charge < -0.3 is 13.1 Å². The van der Waals surface area contributed by atoms with Crippen LogP contribution in [-0.4, -0.2) is 45.2 Å². The van der Waals surface area contributed by atoms with Gasteiger partial charge in [-0.25, -0.2) is 9.59 Å². The predicted octanol–water partition coefficient (Wildman–Crippen LogP) is 0.927. The van der Waals surface area contributed by atoms with Gasteiger partial charge in [0, 0.05) is 0 Å². The van der Waals surface area contributed by atoms with E-state index in [1.807, 2.05) is 0 Å². The normalized spacial score (nSPS) is 8.62. The van der Waals surface area contributed by atoms with E-state index in [4.69, 9.17) is 10.2 Å². The molecule has 0 amide bonds. The number of hydrogen-bond acceptors (Lipinski definition) is 2. The molecule has 0 saturated heterocycles. The van der Waals surface area contributed by atoms with Gasteiger partial charge in [-0.05, 0) is 24.3 Å². The van der Waals surface area contributed by atoms with Crippen LogP contribution in [0.2, 0.25) is 0 Å². The fourth-order valence-corrected chi connectivity index (χ4v) is 0.755. The molecule has 0 fully saturated rings. The summed E-state index contributed by atoms with van der Waals surface area (Å²) in [4.78, 5) is 20.7. The van der Waals surface area contributed by atoms with Crippen molar-refractivity contribution in [3.8, 4) is 0 Å². The second kappa shape index (κ2) is 4.83. The number of hydrogen-bond donors (Lipinski definition) is 2. The first-order valence-corrected chi connectivity index (χ1v) is 3.18. The van der Waals surface area contributed by atoms with Crippen LogP contribution in [0.3, 0.4) is 0 Å². The summed E-state index contributed by atoms with van der Waals surface area (Å²) in [6, 6.07) is 5.02. The van der Waals surface area contributed by atoms with E-state index in [1.165, 1.54) is 24.3 Å². The van der Waals surface area contributed by atoms with Crippen LogP contribution < -0.4 is 0 Å². The molecule has 0 aliphatic heterocycles. The Morgan fingerprint density at radius 3 is 1.31 bits per heavy atom. The van der Waals surface area contributed by atoms with Crippen LogP contribution in [0.4, 0.5) is 0 Å². The molecule has 0 bridgehead atoms. The van der Waals surface area contributed by atoms with Gasteiger partial charge in [-0.1, -0.05) is 0 Å². The molecule has 0 aromatic heterocycles. The first-order valence-electron chi connectivity index (χ1n) is 3.18. The van der Waals surface area contributed by atoms with Crippen molar-refractivity contribution >= 4 is 35.0 Å². The van der Waals surface area contributed by atoms with Crippen molar-refractivity contribution in [1.82, 2.24) is 0 Å². The third-order valence-corrected chi connectivity index (χ3v) is 1.38. The Balaban J connectivity index is -0.000000480. The Morgan fingerprint density at radius 1 is 0.923 bits per heavy atom. The third-order valence-electron chi connectivity index (χ3n) is 1.38. The molecule has 1 rings (SSSR count). The Hall–Kier alpha value is -1.07. The van der Waals surface area contributed by atoms with Gasteiger partial charge in [0.25, 0.3) is 0 Å². The number of carboxylic acid groups (broad SMARTS) is 2. The maximum Gasteiger partial charge on any atom is 2.00 e. The molecule has 4 nitrogen and oxygen atoms in total. The molecule has 0 spiro atoms. The van der Waals surface area contributed by atoms with Gasteiger partial charge >= 0.3 is 35.0 Å². The minimum atomic E-state index is -1.06. The Morgan fingerprint density at radius 2 is 1.15 bits per heavy atom. The van der Waals surface area contributed by atoms with Crippen LogP contribution in [0.5, 0.6) is 0 Å². The van der Waals surface area contributed by atoms with E-state index >= 15 is 0 Å². The molecule has 5 heteroatoms. The van der Waals surface area contributed by atoms with Crippen LogP contribution >= 0.6 is 0 Å². The van der Waals surface area contributed by atoms with E-state index in [1.54, 1.807) is 0 Å². The second-order valence-corrected chi connectivity index (χ2v) is 2.19. The Kier molecular flexibility index (Phi) is 4.43. The summed E-state index contributed by atoms with van der Waals surface area (Å²) in [5.41, 5.74) is 0.167.